The van der Waals surface area contributed by atoms with Crippen LogP contribution in [0.1, 0.15) is 19.8 Å². The Kier molecular flexibility index (Phi) is 2.57. The van der Waals surface area contributed by atoms with E-state index < -0.39 is 0 Å². The van der Waals surface area contributed by atoms with E-state index in [4.69, 9.17) is 5.73 Å². The second-order valence-corrected chi connectivity index (χ2v) is 4.14. The van der Waals surface area contributed by atoms with Crippen LogP contribution in [0.5, 0.6) is 0 Å². The summed E-state index contributed by atoms with van der Waals surface area (Å²) in [7, 11) is 0. The SMILES string of the molecule is CC1CCCN(c2cc(N)ccn2)C1. The standard InChI is InChI=1S/C11H17N3/c1-9-3-2-6-14(8-9)11-7-10(12)4-5-13-11/h4-5,7,9H,2-3,6,8H2,1H3,(H2,12,13). The fourth-order valence-corrected chi connectivity index (χ4v) is 2.00. The maximum absolute atomic E-state index is 5.73. The van der Waals surface area contributed by atoms with Gasteiger partial charge in [0, 0.05) is 31.0 Å². The van der Waals surface area contributed by atoms with E-state index in [1.807, 2.05) is 12.1 Å². The Labute approximate surface area is 84.9 Å². The molecule has 1 aromatic rings. The molecule has 3 heteroatoms. The number of pyridine rings is 1. The summed E-state index contributed by atoms with van der Waals surface area (Å²) in [4.78, 5) is 6.67. The van der Waals surface area contributed by atoms with Crippen LogP contribution in [-0.4, -0.2) is 18.1 Å². The van der Waals surface area contributed by atoms with Crippen LogP contribution in [0.15, 0.2) is 18.3 Å². The minimum absolute atomic E-state index is 0.770. The van der Waals surface area contributed by atoms with Gasteiger partial charge in [-0.2, -0.15) is 0 Å². The summed E-state index contributed by atoms with van der Waals surface area (Å²) in [6, 6.07) is 3.79. The Bertz CT molecular complexity index is 311. The lowest BCUT2D eigenvalue weighted by atomic mass is 10.0. The molecule has 2 rings (SSSR count). The molecular formula is C11H17N3. The highest BCUT2D eigenvalue weighted by Crippen LogP contribution is 2.21. The van der Waals surface area contributed by atoms with Gasteiger partial charge in [0.25, 0.3) is 0 Å². The molecule has 0 radical (unpaired) electrons. The zero-order valence-electron chi connectivity index (χ0n) is 8.61. The predicted octanol–water partition coefficient (Wildman–Crippen LogP) is 1.90. The summed E-state index contributed by atoms with van der Waals surface area (Å²) in [6.45, 7) is 4.51. The van der Waals surface area contributed by atoms with Crippen LogP contribution in [0.2, 0.25) is 0 Å². The maximum atomic E-state index is 5.73. The first-order valence-corrected chi connectivity index (χ1v) is 5.22. The number of nitrogens with zero attached hydrogens (tertiary/aromatic N) is 2. The van der Waals surface area contributed by atoms with Gasteiger partial charge in [0.1, 0.15) is 5.82 Å². The van der Waals surface area contributed by atoms with E-state index in [1.165, 1.54) is 12.8 Å². The van der Waals surface area contributed by atoms with E-state index in [0.717, 1.165) is 30.5 Å². The summed E-state index contributed by atoms with van der Waals surface area (Å²) in [5, 5.41) is 0. The Morgan fingerprint density at radius 2 is 2.43 bits per heavy atom. The van der Waals surface area contributed by atoms with Crippen molar-refractivity contribution in [2.75, 3.05) is 23.7 Å². The average molecular weight is 191 g/mol. The molecule has 2 N–H and O–H groups in total. The van der Waals surface area contributed by atoms with Crippen LogP contribution in [0.3, 0.4) is 0 Å². The molecule has 3 nitrogen and oxygen atoms in total. The van der Waals surface area contributed by atoms with E-state index in [0.29, 0.717) is 0 Å². The van der Waals surface area contributed by atoms with Crippen LogP contribution in [0, 0.1) is 5.92 Å². The summed E-state index contributed by atoms with van der Waals surface area (Å²) < 4.78 is 0. The molecule has 76 valence electrons. The van der Waals surface area contributed by atoms with E-state index in [9.17, 15) is 0 Å². The normalized spacial score (nSPS) is 22.4. The van der Waals surface area contributed by atoms with Gasteiger partial charge in [-0.15, -0.1) is 0 Å². The molecule has 14 heavy (non-hydrogen) atoms. The highest BCUT2D eigenvalue weighted by molar-refractivity contribution is 5.50. The molecular weight excluding hydrogens is 174 g/mol. The second kappa shape index (κ2) is 3.86. The van der Waals surface area contributed by atoms with Gasteiger partial charge in [0.15, 0.2) is 0 Å². The van der Waals surface area contributed by atoms with Gasteiger partial charge in [-0.3, -0.25) is 0 Å². The van der Waals surface area contributed by atoms with Crippen LogP contribution >= 0.6 is 0 Å². The lowest BCUT2D eigenvalue weighted by Gasteiger charge is -2.31. The van der Waals surface area contributed by atoms with Crippen molar-refractivity contribution in [1.82, 2.24) is 4.98 Å². The smallest absolute Gasteiger partial charge is 0.130 e. The summed E-state index contributed by atoms with van der Waals surface area (Å²) in [5.74, 6) is 1.79. The van der Waals surface area contributed by atoms with E-state index in [2.05, 4.69) is 16.8 Å². The third-order valence-corrected chi connectivity index (χ3v) is 2.75. The third kappa shape index (κ3) is 1.97. The zero-order valence-corrected chi connectivity index (χ0v) is 8.61. The van der Waals surface area contributed by atoms with Crippen molar-refractivity contribution in [3.8, 4) is 0 Å². The molecule has 0 saturated carbocycles. The molecule has 0 bridgehead atoms. The quantitative estimate of drug-likeness (QED) is 0.737. The molecule has 2 heterocycles. The first-order valence-electron chi connectivity index (χ1n) is 5.22. The number of nitrogens with two attached hydrogens (primary N) is 1. The van der Waals surface area contributed by atoms with E-state index >= 15 is 0 Å². The largest absolute Gasteiger partial charge is 0.399 e. The Morgan fingerprint density at radius 1 is 1.57 bits per heavy atom. The summed E-state index contributed by atoms with van der Waals surface area (Å²) in [6.07, 6.45) is 4.38. The first kappa shape index (κ1) is 9.31. The van der Waals surface area contributed by atoms with Gasteiger partial charge in [0.05, 0.1) is 0 Å². The number of hydrogen-bond acceptors (Lipinski definition) is 3. The van der Waals surface area contributed by atoms with Crippen molar-refractivity contribution in [3.05, 3.63) is 18.3 Å². The van der Waals surface area contributed by atoms with Crippen molar-refractivity contribution in [3.63, 3.8) is 0 Å². The molecule has 0 aliphatic carbocycles. The molecule has 1 saturated heterocycles. The number of anilines is 2. The Morgan fingerprint density at radius 3 is 3.14 bits per heavy atom. The lowest BCUT2D eigenvalue weighted by molar-refractivity contribution is 0.444. The number of hydrogen-bond donors (Lipinski definition) is 1. The van der Waals surface area contributed by atoms with Crippen molar-refractivity contribution < 1.29 is 0 Å². The fraction of sp³-hybridized carbons (Fsp3) is 0.545. The lowest BCUT2D eigenvalue weighted by Crippen LogP contribution is -2.34. The zero-order chi connectivity index (χ0) is 9.97. The molecule has 1 unspecified atom stereocenters. The Hall–Kier alpha value is -1.25. The highest BCUT2D eigenvalue weighted by atomic mass is 15.2. The van der Waals surface area contributed by atoms with Crippen LogP contribution in [-0.2, 0) is 0 Å². The van der Waals surface area contributed by atoms with Crippen LogP contribution < -0.4 is 10.6 Å². The van der Waals surface area contributed by atoms with Gasteiger partial charge in [-0.05, 0) is 24.8 Å². The minimum atomic E-state index is 0.770. The molecule has 0 spiro atoms. The molecule has 1 atom stereocenters. The van der Waals surface area contributed by atoms with Gasteiger partial charge >= 0.3 is 0 Å². The topological polar surface area (TPSA) is 42.1 Å². The molecule has 1 aromatic heterocycles. The van der Waals surface area contributed by atoms with Crippen LogP contribution in [0.4, 0.5) is 11.5 Å². The van der Waals surface area contributed by atoms with Crippen molar-refractivity contribution in [1.29, 1.82) is 0 Å². The molecule has 0 amide bonds. The van der Waals surface area contributed by atoms with Crippen LogP contribution in [0.25, 0.3) is 0 Å². The van der Waals surface area contributed by atoms with Gasteiger partial charge < -0.3 is 10.6 Å². The van der Waals surface area contributed by atoms with E-state index in [-0.39, 0.29) is 0 Å². The number of aromatic nitrogens is 1. The summed E-state index contributed by atoms with van der Waals surface area (Å²) in [5.41, 5.74) is 6.53. The van der Waals surface area contributed by atoms with Gasteiger partial charge in [-0.25, -0.2) is 4.98 Å². The first-order chi connectivity index (χ1) is 6.75. The molecule has 1 fully saturated rings. The second-order valence-electron chi connectivity index (χ2n) is 4.14. The number of piperidine rings is 1. The fourth-order valence-electron chi connectivity index (χ4n) is 2.00. The number of rotatable bonds is 1. The maximum Gasteiger partial charge on any atom is 0.130 e. The van der Waals surface area contributed by atoms with Crippen molar-refractivity contribution in [2.24, 2.45) is 5.92 Å². The average Bonchev–Trinajstić information content (AvgIpc) is 2.18. The van der Waals surface area contributed by atoms with Gasteiger partial charge in [-0.1, -0.05) is 6.92 Å². The molecule has 0 aromatic carbocycles. The van der Waals surface area contributed by atoms with Gasteiger partial charge in [0.2, 0.25) is 0 Å². The predicted molar refractivity (Wildman–Crippen MR) is 59.3 cm³/mol. The van der Waals surface area contributed by atoms with Crippen molar-refractivity contribution >= 4 is 11.5 Å². The minimum Gasteiger partial charge on any atom is -0.399 e. The summed E-state index contributed by atoms with van der Waals surface area (Å²) >= 11 is 0. The molecule has 1 aliphatic rings. The van der Waals surface area contributed by atoms with E-state index in [1.54, 1.807) is 6.20 Å². The number of nitrogen functional groups attached to an aromatic ring is 1. The van der Waals surface area contributed by atoms with Crippen molar-refractivity contribution in [2.45, 2.75) is 19.8 Å². The molecule has 1 aliphatic heterocycles. The highest BCUT2D eigenvalue weighted by Gasteiger charge is 2.17. The third-order valence-electron chi connectivity index (χ3n) is 2.75. The Balaban J connectivity index is 2.14. The monoisotopic (exact) mass is 191 g/mol.